The SMILES string of the molecule is CCCCCCCCCCS(=O)(=O)CCCCCCCCCC.CCCO. The molecule has 0 spiro atoms. The molecule has 0 unspecified atom stereocenters. The van der Waals surface area contributed by atoms with E-state index in [9.17, 15) is 8.42 Å². The van der Waals surface area contributed by atoms with Crippen LogP contribution in [0.25, 0.3) is 0 Å². The number of hydrogen-bond acceptors (Lipinski definition) is 3. The first-order valence-electron chi connectivity index (χ1n) is 11.8. The Kier molecular flexibility index (Phi) is 25.8. The second-order valence-corrected chi connectivity index (χ2v) is 10.1. The summed E-state index contributed by atoms with van der Waals surface area (Å²) >= 11 is 0. The van der Waals surface area contributed by atoms with Crippen LogP contribution in [-0.2, 0) is 9.84 Å². The maximum Gasteiger partial charge on any atom is 0.150 e. The number of sulfone groups is 1. The van der Waals surface area contributed by atoms with Crippen molar-refractivity contribution in [3.05, 3.63) is 0 Å². The Labute approximate surface area is 171 Å². The first kappa shape index (κ1) is 29.1. The maximum atomic E-state index is 12.0. The minimum atomic E-state index is -2.78. The Bertz CT molecular complexity index is 325. The van der Waals surface area contributed by atoms with Gasteiger partial charge in [-0.25, -0.2) is 8.42 Å². The monoisotopic (exact) mass is 406 g/mol. The largest absolute Gasteiger partial charge is 0.396 e. The van der Waals surface area contributed by atoms with E-state index in [0.717, 1.165) is 32.1 Å². The zero-order chi connectivity index (χ0) is 20.6. The molecule has 1 N–H and O–H groups in total. The summed E-state index contributed by atoms with van der Waals surface area (Å²) in [6.45, 7) is 6.72. The van der Waals surface area contributed by atoms with Gasteiger partial charge >= 0.3 is 0 Å². The van der Waals surface area contributed by atoms with Crippen LogP contribution in [0.3, 0.4) is 0 Å². The van der Waals surface area contributed by atoms with Gasteiger partial charge in [0.05, 0.1) is 11.5 Å². The third-order valence-electron chi connectivity index (χ3n) is 4.84. The fourth-order valence-electron chi connectivity index (χ4n) is 3.01. The zero-order valence-corrected chi connectivity index (χ0v) is 19.6. The average molecular weight is 407 g/mol. The number of unbranched alkanes of at least 4 members (excludes halogenated alkanes) is 14. The predicted molar refractivity (Wildman–Crippen MR) is 121 cm³/mol. The summed E-state index contributed by atoms with van der Waals surface area (Å²) < 4.78 is 24.0. The van der Waals surface area contributed by atoms with Gasteiger partial charge in [-0.15, -0.1) is 0 Å². The molecule has 0 aliphatic carbocycles. The van der Waals surface area contributed by atoms with E-state index in [4.69, 9.17) is 5.11 Å². The van der Waals surface area contributed by atoms with Gasteiger partial charge in [0.1, 0.15) is 9.84 Å². The van der Waals surface area contributed by atoms with Crippen LogP contribution in [0.2, 0.25) is 0 Å². The molecule has 0 aromatic carbocycles. The Balaban J connectivity index is 0. The fraction of sp³-hybridized carbons (Fsp3) is 1.00. The lowest BCUT2D eigenvalue weighted by Gasteiger charge is -2.05. The quantitative estimate of drug-likeness (QED) is 0.233. The number of aliphatic hydroxyl groups is 1. The van der Waals surface area contributed by atoms with Crippen LogP contribution in [0.4, 0.5) is 0 Å². The van der Waals surface area contributed by atoms with Crippen molar-refractivity contribution in [2.75, 3.05) is 18.1 Å². The Hall–Kier alpha value is -0.0900. The minimum Gasteiger partial charge on any atom is -0.396 e. The van der Waals surface area contributed by atoms with Gasteiger partial charge in [-0.05, 0) is 19.3 Å². The van der Waals surface area contributed by atoms with Gasteiger partial charge in [-0.2, -0.15) is 0 Å². The summed E-state index contributed by atoms with van der Waals surface area (Å²) in [5, 5.41) is 7.88. The van der Waals surface area contributed by atoms with E-state index >= 15 is 0 Å². The molecule has 0 fully saturated rings. The van der Waals surface area contributed by atoms with Crippen molar-refractivity contribution in [3.63, 3.8) is 0 Å². The highest BCUT2D eigenvalue weighted by Gasteiger charge is 2.09. The van der Waals surface area contributed by atoms with Crippen LogP contribution >= 0.6 is 0 Å². The smallest absolute Gasteiger partial charge is 0.150 e. The summed E-state index contributed by atoms with van der Waals surface area (Å²) in [7, 11) is -2.78. The van der Waals surface area contributed by atoms with Crippen LogP contribution in [0.5, 0.6) is 0 Å². The summed E-state index contributed by atoms with van der Waals surface area (Å²) in [6.07, 6.45) is 20.3. The second kappa shape index (κ2) is 23.9. The number of rotatable bonds is 19. The van der Waals surface area contributed by atoms with Crippen LogP contribution in [0.1, 0.15) is 130 Å². The molecule has 27 heavy (non-hydrogen) atoms. The molecule has 3 nitrogen and oxygen atoms in total. The highest BCUT2D eigenvalue weighted by atomic mass is 32.2. The van der Waals surface area contributed by atoms with Crippen molar-refractivity contribution in [3.8, 4) is 0 Å². The van der Waals surface area contributed by atoms with Crippen molar-refractivity contribution in [2.45, 2.75) is 130 Å². The van der Waals surface area contributed by atoms with Gasteiger partial charge in [-0.1, -0.05) is 111 Å². The predicted octanol–water partition coefficient (Wildman–Crippen LogP) is 7.07. The van der Waals surface area contributed by atoms with Gasteiger partial charge in [0.2, 0.25) is 0 Å². The molecule has 0 aromatic rings. The molecule has 0 aliphatic heterocycles. The molecule has 0 saturated carbocycles. The molecule has 0 amide bonds. The summed E-state index contributed by atoms with van der Waals surface area (Å²) in [5.74, 6) is 0.830. The molecule has 0 bridgehead atoms. The summed E-state index contributed by atoms with van der Waals surface area (Å²) in [4.78, 5) is 0. The minimum absolute atomic E-state index is 0.319. The van der Waals surface area contributed by atoms with E-state index in [0.29, 0.717) is 18.1 Å². The lowest BCUT2D eigenvalue weighted by atomic mass is 10.1. The van der Waals surface area contributed by atoms with Crippen molar-refractivity contribution >= 4 is 9.84 Å². The van der Waals surface area contributed by atoms with Crippen molar-refractivity contribution in [1.82, 2.24) is 0 Å². The number of hydrogen-bond donors (Lipinski definition) is 1. The lowest BCUT2D eigenvalue weighted by Crippen LogP contribution is -2.11. The lowest BCUT2D eigenvalue weighted by molar-refractivity contribution is 0.295. The molecule has 0 aliphatic rings. The average Bonchev–Trinajstić information content (AvgIpc) is 2.66. The van der Waals surface area contributed by atoms with Gasteiger partial charge in [0, 0.05) is 6.61 Å². The van der Waals surface area contributed by atoms with E-state index in [1.54, 1.807) is 0 Å². The first-order chi connectivity index (χ1) is 13.0. The number of aliphatic hydroxyl groups excluding tert-OH is 1. The maximum absolute atomic E-state index is 12.0. The summed E-state index contributed by atoms with van der Waals surface area (Å²) in [5.41, 5.74) is 0. The molecule has 0 radical (unpaired) electrons. The van der Waals surface area contributed by atoms with Crippen molar-refractivity contribution in [1.29, 1.82) is 0 Å². The topological polar surface area (TPSA) is 54.4 Å². The molecular formula is C23H50O3S. The molecule has 0 heterocycles. The molecule has 166 valence electrons. The van der Waals surface area contributed by atoms with Crippen molar-refractivity contribution < 1.29 is 13.5 Å². The highest BCUT2D eigenvalue weighted by molar-refractivity contribution is 7.91. The van der Waals surface area contributed by atoms with Crippen LogP contribution in [0.15, 0.2) is 0 Å². The normalized spacial score (nSPS) is 11.3. The summed E-state index contributed by atoms with van der Waals surface area (Å²) in [6, 6.07) is 0. The van der Waals surface area contributed by atoms with E-state index in [1.165, 1.54) is 77.0 Å². The van der Waals surface area contributed by atoms with E-state index < -0.39 is 9.84 Å². The van der Waals surface area contributed by atoms with Gasteiger partial charge in [0.25, 0.3) is 0 Å². The first-order valence-corrected chi connectivity index (χ1v) is 13.7. The van der Waals surface area contributed by atoms with E-state index in [2.05, 4.69) is 13.8 Å². The molecule has 0 saturated heterocycles. The molecule has 4 heteroatoms. The Morgan fingerprint density at radius 1 is 0.481 bits per heavy atom. The van der Waals surface area contributed by atoms with Crippen molar-refractivity contribution in [2.24, 2.45) is 0 Å². The Morgan fingerprint density at radius 3 is 1.00 bits per heavy atom. The molecule has 0 rings (SSSR count). The molecule has 0 aromatic heterocycles. The molecule has 0 atom stereocenters. The van der Waals surface area contributed by atoms with E-state index in [1.807, 2.05) is 6.92 Å². The third-order valence-corrected chi connectivity index (χ3v) is 6.66. The third kappa shape index (κ3) is 28.2. The fourth-order valence-corrected chi connectivity index (χ4v) is 4.51. The zero-order valence-electron chi connectivity index (χ0n) is 18.8. The van der Waals surface area contributed by atoms with E-state index in [-0.39, 0.29) is 0 Å². The second-order valence-electron chi connectivity index (χ2n) is 7.83. The van der Waals surface area contributed by atoms with Gasteiger partial charge in [0.15, 0.2) is 0 Å². The highest BCUT2D eigenvalue weighted by Crippen LogP contribution is 2.12. The standard InChI is InChI=1S/C20H42O2S.C3H8O/c1-3-5-7-9-11-13-15-17-19-23(21,22)20-18-16-14-12-10-8-6-4-2;1-2-3-4/h3-20H2,1-2H3;4H,2-3H2,1H3. The van der Waals surface area contributed by atoms with Gasteiger partial charge < -0.3 is 5.11 Å². The Morgan fingerprint density at radius 2 is 0.741 bits per heavy atom. The van der Waals surface area contributed by atoms with Gasteiger partial charge in [-0.3, -0.25) is 0 Å². The van der Waals surface area contributed by atoms with Crippen LogP contribution in [0, 0.1) is 0 Å². The molecular weight excluding hydrogens is 356 g/mol. The van der Waals surface area contributed by atoms with Crippen LogP contribution < -0.4 is 0 Å². The van der Waals surface area contributed by atoms with Crippen LogP contribution in [-0.4, -0.2) is 31.6 Å².